The van der Waals surface area contributed by atoms with E-state index in [1.54, 1.807) is 7.11 Å². The molecule has 0 bridgehead atoms. The second-order valence-corrected chi connectivity index (χ2v) is 6.69. The fraction of sp³-hybridized carbons (Fsp3) is 0.684. The van der Waals surface area contributed by atoms with Gasteiger partial charge in [0, 0.05) is 39.5 Å². The van der Waals surface area contributed by atoms with Crippen molar-refractivity contribution in [2.24, 2.45) is 10.4 Å². The molecular weight excluding hydrogens is 443 g/mol. The Morgan fingerprint density at radius 1 is 1.23 bits per heavy atom. The van der Waals surface area contributed by atoms with E-state index in [0.29, 0.717) is 31.1 Å². The van der Waals surface area contributed by atoms with Crippen LogP contribution in [-0.4, -0.2) is 44.9 Å². The molecule has 0 spiro atoms. The van der Waals surface area contributed by atoms with Crippen molar-refractivity contribution in [2.45, 2.75) is 45.6 Å². The molecule has 1 aliphatic rings. The Morgan fingerprint density at radius 3 is 2.58 bits per heavy atom. The van der Waals surface area contributed by atoms with Gasteiger partial charge in [0.05, 0.1) is 6.61 Å². The number of nitrogens with one attached hydrogen (secondary N) is 2. The minimum absolute atomic E-state index is 0. The van der Waals surface area contributed by atoms with Gasteiger partial charge < -0.3 is 20.1 Å². The molecule has 148 valence electrons. The molecule has 1 aromatic heterocycles. The van der Waals surface area contributed by atoms with Crippen molar-refractivity contribution in [3.63, 3.8) is 0 Å². The highest BCUT2D eigenvalue weighted by Gasteiger charge is 2.31. The maximum atomic E-state index is 5.47. The molecule has 0 unspecified atom stereocenters. The molecular formula is C19H33IN4O2. The minimum Gasteiger partial charge on any atom is -0.475 e. The van der Waals surface area contributed by atoms with Gasteiger partial charge in [-0.15, -0.1) is 24.0 Å². The first-order valence-electron chi connectivity index (χ1n) is 9.22. The average Bonchev–Trinajstić information content (AvgIpc) is 3.13. The lowest BCUT2D eigenvalue weighted by molar-refractivity contribution is 0.143. The largest absolute Gasteiger partial charge is 0.475 e. The third kappa shape index (κ3) is 7.26. The first kappa shape index (κ1) is 23.0. The normalized spacial score (nSPS) is 16.0. The van der Waals surface area contributed by atoms with Crippen molar-refractivity contribution in [1.82, 2.24) is 15.6 Å². The van der Waals surface area contributed by atoms with Gasteiger partial charge in [-0.3, -0.25) is 4.99 Å². The Balaban J connectivity index is 0.00000338. The van der Waals surface area contributed by atoms with Crippen molar-refractivity contribution < 1.29 is 9.47 Å². The molecule has 6 nitrogen and oxygen atoms in total. The Morgan fingerprint density at radius 2 is 2.00 bits per heavy atom. The standard InChI is InChI=1S/C19H32N4O2.HI/c1-4-19(9-5-6-10-19)15-23-18(20-2)22-14-16-7-8-17(21-13-16)25-12-11-24-3;/h7-8,13H,4-6,9-12,14-15H2,1-3H3,(H2,20,22,23);1H. The van der Waals surface area contributed by atoms with Crippen molar-refractivity contribution >= 4 is 29.9 Å². The van der Waals surface area contributed by atoms with Crippen LogP contribution in [0.2, 0.25) is 0 Å². The van der Waals surface area contributed by atoms with Crippen molar-refractivity contribution in [2.75, 3.05) is 33.9 Å². The first-order chi connectivity index (χ1) is 12.2. The molecule has 0 aliphatic heterocycles. The van der Waals surface area contributed by atoms with Crippen LogP contribution in [0.5, 0.6) is 5.88 Å². The highest BCUT2D eigenvalue weighted by Crippen LogP contribution is 2.40. The molecule has 26 heavy (non-hydrogen) atoms. The number of aliphatic imine (C=N–C) groups is 1. The van der Waals surface area contributed by atoms with Crippen LogP contribution in [0.4, 0.5) is 0 Å². The van der Waals surface area contributed by atoms with E-state index in [1.165, 1.54) is 32.1 Å². The van der Waals surface area contributed by atoms with Gasteiger partial charge in [-0.05, 0) is 30.2 Å². The lowest BCUT2D eigenvalue weighted by Gasteiger charge is -2.28. The number of halogens is 1. The summed E-state index contributed by atoms with van der Waals surface area (Å²) in [6.45, 7) is 5.05. The van der Waals surface area contributed by atoms with Gasteiger partial charge in [-0.25, -0.2) is 4.98 Å². The molecule has 0 atom stereocenters. The summed E-state index contributed by atoms with van der Waals surface area (Å²) in [6.07, 6.45) is 8.40. The Bertz CT molecular complexity index is 531. The predicted octanol–water partition coefficient (Wildman–Crippen LogP) is 3.36. The number of methoxy groups -OCH3 is 1. The fourth-order valence-corrected chi connectivity index (χ4v) is 3.29. The molecule has 0 aromatic carbocycles. The molecule has 1 saturated carbocycles. The van der Waals surface area contributed by atoms with Crippen LogP contribution >= 0.6 is 24.0 Å². The molecule has 2 N–H and O–H groups in total. The molecule has 1 heterocycles. The number of rotatable bonds is 9. The Hall–Kier alpha value is -1.09. The van der Waals surface area contributed by atoms with Crippen LogP contribution in [0.3, 0.4) is 0 Å². The van der Waals surface area contributed by atoms with Gasteiger partial charge in [0.2, 0.25) is 5.88 Å². The highest BCUT2D eigenvalue weighted by atomic mass is 127. The first-order valence-corrected chi connectivity index (χ1v) is 9.22. The van der Waals surface area contributed by atoms with Crippen LogP contribution in [0.15, 0.2) is 23.3 Å². The summed E-state index contributed by atoms with van der Waals surface area (Å²) in [5.74, 6) is 1.47. The fourth-order valence-electron chi connectivity index (χ4n) is 3.29. The average molecular weight is 476 g/mol. The second-order valence-electron chi connectivity index (χ2n) is 6.69. The van der Waals surface area contributed by atoms with E-state index in [1.807, 2.05) is 25.4 Å². The summed E-state index contributed by atoms with van der Waals surface area (Å²) in [5, 5.41) is 6.86. The van der Waals surface area contributed by atoms with Gasteiger partial charge in [-0.2, -0.15) is 0 Å². The molecule has 1 aliphatic carbocycles. The zero-order valence-electron chi connectivity index (χ0n) is 16.2. The maximum absolute atomic E-state index is 5.47. The van der Waals surface area contributed by atoms with Crippen LogP contribution in [-0.2, 0) is 11.3 Å². The van der Waals surface area contributed by atoms with E-state index in [-0.39, 0.29) is 24.0 Å². The van der Waals surface area contributed by atoms with E-state index in [9.17, 15) is 0 Å². The maximum Gasteiger partial charge on any atom is 0.213 e. The van der Waals surface area contributed by atoms with Crippen LogP contribution < -0.4 is 15.4 Å². The molecule has 2 rings (SSSR count). The van der Waals surface area contributed by atoms with Gasteiger partial charge in [0.25, 0.3) is 0 Å². The van der Waals surface area contributed by atoms with Gasteiger partial charge in [0.1, 0.15) is 6.61 Å². The Kier molecular flexibility index (Phi) is 10.9. The molecule has 1 aromatic rings. The monoisotopic (exact) mass is 476 g/mol. The van der Waals surface area contributed by atoms with Crippen molar-refractivity contribution in [1.29, 1.82) is 0 Å². The number of hydrogen-bond donors (Lipinski definition) is 2. The second kappa shape index (κ2) is 12.3. The van der Waals surface area contributed by atoms with E-state index in [0.717, 1.165) is 18.1 Å². The van der Waals surface area contributed by atoms with E-state index < -0.39 is 0 Å². The smallest absolute Gasteiger partial charge is 0.213 e. The lowest BCUT2D eigenvalue weighted by atomic mass is 9.83. The zero-order chi connectivity index (χ0) is 18.0. The van der Waals surface area contributed by atoms with E-state index >= 15 is 0 Å². The zero-order valence-corrected chi connectivity index (χ0v) is 18.5. The molecule has 0 saturated heterocycles. The summed E-state index contributed by atoms with van der Waals surface area (Å²) < 4.78 is 10.4. The number of guanidine groups is 1. The summed E-state index contributed by atoms with van der Waals surface area (Å²) in [5.41, 5.74) is 1.54. The summed E-state index contributed by atoms with van der Waals surface area (Å²) >= 11 is 0. The number of nitrogens with zero attached hydrogens (tertiary/aromatic N) is 2. The van der Waals surface area contributed by atoms with Crippen LogP contribution in [0.1, 0.15) is 44.6 Å². The summed E-state index contributed by atoms with van der Waals surface area (Å²) in [4.78, 5) is 8.64. The SMILES string of the molecule is CCC1(CNC(=NC)NCc2ccc(OCCOC)nc2)CCCC1.I. The minimum atomic E-state index is 0. The van der Waals surface area contributed by atoms with Crippen molar-refractivity contribution in [3.05, 3.63) is 23.9 Å². The summed E-state index contributed by atoms with van der Waals surface area (Å²) in [7, 11) is 3.47. The van der Waals surface area contributed by atoms with E-state index in [4.69, 9.17) is 9.47 Å². The van der Waals surface area contributed by atoms with Crippen LogP contribution in [0, 0.1) is 5.41 Å². The quantitative estimate of drug-likeness (QED) is 0.248. The number of aromatic nitrogens is 1. The molecule has 1 fully saturated rings. The third-order valence-electron chi connectivity index (χ3n) is 5.06. The van der Waals surface area contributed by atoms with Crippen molar-refractivity contribution in [3.8, 4) is 5.88 Å². The predicted molar refractivity (Wildman–Crippen MR) is 116 cm³/mol. The number of ether oxygens (including phenoxy) is 2. The number of hydrogen-bond acceptors (Lipinski definition) is 4. The lowest BCUT2D eigenvalue weighted by Crippen LogP contribution is -2.42. The highest BCUT2D eigenvalue weighted by molar-refractivity contribution is 14.0. The Labute approximate surface area is 174 Å². The molecule has 0 radical (unpaired) electrons. The third-order valence-corrected chi connectivity index (χ3v) is 5.06. The molecule has 7 heteroatoms. The molecule has 0 amide bonds. The summed E-state index contributed by atoms with van der Waals surface area (Å²) in [6, 6.07) is 3.90. The van der Waals surface area contributed by atoms with Gasteiger partial charge in [-0.1, -0.05) is 25.8 Å². The van der Waals surface area contributed by atoms with Gasteiger partial charge >= 0.3 is 0 Å². The van der Waals surface area contributed by atoms with E-state index in [2.05, 4.69) is 27.5 Å². The number of pyridine rings is 1. The van der Waals surface area contributed by atoms with Gasteiger partial charge in [0.15, 0.2) is 5.96 Å². The topological polar surface area (TPSA) is 67.8 Å². The van der Waals surface area contributed by atoms with Crippen LogP contribution in [0.25, 0.3) is 0 Å².